The summed E-state index contributed by atoms with van der Waals surface area (Å²) in [5, 5.41) is 6.32. The number of para-hydroxylation sites is 1. The molecule has 0 aliphatic rings. The molecule has 6 nitrogen and oxygen atoms in total. The largest absolute Gasteiger partial charge is 0.495 e. The van der Waals surface area contributed by atoms with Gasteiger partial charge in [0.2, 0.25) is 0 Å². The summed E-state index contributed by atoms with van der Waals surface area (Å²) in [6.45, 7) is 0. The summed E-state index contributed by atoms with van der Waals surface area (Å²) in [7, 11) is 1.44. The smallest absolute Gasteiger partial charge is 0.258 e. The van der Waals surface area contributed by atoms with Crippen LogP contribution in [0.2, 0.25) is 5.02 Å². The third kappa shape index (κ3) is 4.38. The van der Waals surface area contributed by atoms with Crippen LogP contribution in [0.5, 0.6) is 5.75 Å². The Morgan fingerprint density at radius 1 is 0.938 bits per heavy atom. The Hall–Kier alpha value is -3.97. The number of anilines is 2. The first-order chi connectivity index (χ1) is 15.5. The maximum atomic E-state index is 14.1. The van der Waals surface area contributed by atoms with Gasteiger partial charge in [0.15, 0.2) is 0 Å². The number of fused-ring (bicyclic) bond motifs is 1. The second-order valence-electron chi connectivity index (χ2n) is 6.82. The number of amides is 2. The molecule has 0 saturated carbocycles. The highest BCUT2D eigenvalue weighted by atomic mass is 35.5. The third-order valence-corrected chi connectivity index (χ3v) is 5.01. The van der Waals surface area contributed by atoms with Gasteiger partial charge in [-0.3, -0.25) is 14.6 Å². The van der Waals surface area contributed by atoms with Crippen LogP contribution in [-0.4, -0.2) is 23.9 Å². The van der Waals surface area contributed by atoms with E-state index in [0.29, 0.717) is 27.9 Å². The van der Waals surface area contributed by atoms with Crippen LogP contribution < -0.4 is 15.4 Å². The molecule has 0 bridgehead atoms. The molecule has 0 fully saturated rings. The zero-order valence-corrected chi connectivity index (χ0v) is 17.6. The van der Waals surface area contributed by atoms with Crippen LogP contribution >= 0.6 is 11.6 Å². The highest BCUT2D eigenvalue weighted by molar-refractivity contribution is 6.30. The molecular weight excluding hydrogens is 433 g/mol. The van der Waals surface area contributed by atoms with Gasteiger partial charge in [-0.05, 0) is 48.5 Å². The number of ether oxygens (including phenoxy) is 1. The maximum absolute atomic E-state index is 14.1. The van der Waals surface area contributed by atoms with Crippen LogP contribution in [0.25, 0.3) is 10.9 Å². The lowest BCUT2D eigenvalue weighted by molar-refractivity contribution is 0.101. The number of carbonyl (C=O) groups excluding carboxylic acids is 2. The maximum Gasteiger partial charge on any atom is 0.258 e. The zero-order valence-electron chi connectivity index (χ0n) is 16.9. The summed E-state index contributed by atoms with van der Waals surface area (Å²) in [6.07, 6.45) is 1.57. The van der Waals surface area contributed by atoms with Crippen molar-refractivity contribution in [1.82, 2.24) is 4.98 Å². The first-order valence-electron chi connectivity index (χ1n) is 9.56. The van der Waals surface area contributed by atoms with Crippen molar-refractivity contribution in [2.24, 2.45) is 0 Å². The Balaban J connectivity index is 1.60. The van der Waals surface area contributed by atoms with Gasteiger partial charge in [0.1, 0.15) is 11.6 Å². The molecule has 0 aliphatic heterocycles. The Bertz CT molecular complexity index is 1340. The van der Waals surface area contributed by atoms with Crippen LogP contribution in [0.15, 0.2) is 72.9 Å². The number of pyridine rings is 1. The van der Waals surface area contributed by atoms with Crippen molar-refractivity contribution in [3.63, 3.8) is 0 Å². The van der Waals surface area contributed by atoms with Gasteiger partial charge in [0, 0.05) is 22.3 Å². The minimum absolute atomic E-state index is 0.172. The molecular formula is C24H17ClFN3O3. The van der Waals surface area contributed by atoms with E-state index in [4.69, 9.17) is 16.3 Å². The number of halogens is 2. The average Bonchev–Trinajstić information content (AvgIpc) is 2.78. The summed E-state index contributed by atoms with van der Waals surface area (Å²) in [4.78, 5) is 29.7. The lowest BCUT2D eigenvalue weighted by Crippen LogP contribution is -2.16. The Labute approximate surface area is 188 Å². The Kier molecular flexibility index (Phi) is 6.00. The van der Waals surface area contributed by atoms with Crippen molar-refractivity contribution in [3.8, 4) is 5.75 Å². The van der Waals surface area contributed by atoms with Crippen molar-refractivity contribution < 1.29 is 18.7 Å². The van der Waals surface area contributed by atoms with Crippen LogP contribution in [0, 0.1) is 5.82 Å². The number of carbonyl (C=O) groups is 2. The monoisotopic (exact) mass is 449 g/mol. The van der Waals surface area contributed by atoms with Crippen LogP contribution in [0.1, 0.15) is 20.7 Å². The lowest BCUT2D eigenvalue weighted by atomic mass is 10.1. The lowest BCUT2D eigenvalue weighted by Gasteiger charge is -2.14. The fourth-order valence-electron chi connectivity index (χ4n) is 3.24. The number of methoxy groups -OCH3 is 1. The SMILES string of the molecule is COc1ccc(NC(=O)c2ccnc3ccccc23)cc1NC(=O)c1ccc(Cl)cc1F. The standard InChI is InChI=1S/C24H17ClFN3O3/c1-32-22-9-7-15(13-21(22)29-24(31)18-8-6-14(25)12-19(18)26)28-23(30)17-10-11-27-20-5-3-2-4-16(17)20/h2-13H,1H3,(H,28,30)(H,29,31). The van der Waals surface area contributed by atoms with Crippen molar-refractivity contribution in [1.29, 1.82) is 0 Å². The predicted molar refractivity (Wildman–Crippen MR) is 122 cm³/mol. The molecule has 1 aromatic heterocycles. The number of benzene rings is 3. The van der Waals surface area contributed by atoms with Crippen molar-refractivity contribution >= 4 is 45.7 Å². The minimum atomic E-state index is -0.747. The van der Waals surface area contributed by atoms with Gasteiger partial charge in [0.05, 0.1) is 29.4 Å². The fraction of sp³-hybridized carbons (Fsp3) is 0.0417. The van der Waals surface area contributed by atoms with Gasteiger partial charge in [-0.1, -0.05) is 29.8 Å². The molecule has 0 aliphatic carbocycles. The van der Waals surface area contributed by atoms with E-state index in [1.165, 1.54) is 25.3 Å². The molecule has 0 radical (unpaired) electrons. The molecule has 1 heterocycles. The molecule has 3 aromatic carbocycles. The van der Waals surface area contributed by atoms with Crippen LogP contribution in [-0.2, 0) is 0 Å². The normalized spacial score (nSPS) is 10.6. The third-order valence-electron chi connectivity index (χ3n) is 4.77. The van der Waals surface area contributed by atoms with Gasteiger partial charge in [0.25, 0.3) is 11.8 Å². The van der Waals surface area contributed by atoms with Gasteiger partial charge in [-0.15, -0.1) is 0 Å². The summed E-state index contributed by atoms with van der Waals surface area (Å²) in [6, 6.07) is 17.5. The number of rotatable bonds is 5. The Morgan fingerprint density at radius 2 is 1.72 bits per heavy atom. The molecule has 8 heteroatoms. The van der Waals surface area contributed by atoms with Gasteiger partial charge < -0.3 is 15.4 Å². The molecule has 0 saturated heterocycles. The fourth-order valence-corrected chi connectivity index (χ4v) is 3.40. The number of hydrogen-bond acceptors (Lipinski definition) is 4. The number of nitrogens with one attached hydrogen (secondary N) is 2. The van der Waals surface area contributed by atoms with E-state index in [0.717, 1.165) is 6.07 Å². The van der Waals surface area contributed by atoms with Crippen LogP contribution in [0.4, 0.5) is 15.8 Å². The topological polar surface area (TPSA) is 80.3 Å². The van der Waals surface area contributed by atoms with Crippen molar-refractivity contribution in [2.75, 3.05) is 17.7 Å². The summed E-state index contributed by atoms with van der Waals surface area (Å²) >= 11 is 5.75. The minimum Gasteiger partial charge on any atom is -0.495 e. The highest BCUT2D eigenvalue weighted by Crippen LogP contribution is 2.29. The van der Waals surface area contributed by atoms with Crippen molar-refractivity contribution in [2.45, 2.75) is 0 Å². The van der Waals surface area contributed by atoms with E-state index in [2.05, 4.69) is 15.6 Å². The molecule has 2 N–H and O–H groups in total. The quantitative estimate of drug-likeness (QED) is 0.419. The predicted octanol–water partition coefficient (Wildman–Crippen LogP) is 5.54. The molecule has 32 heavy (non-hydrogen) atoms. The zero-order chi connectivity index (χ0) is 22.7. The molecule has 4 rings (SSSR count). The van der Waals surface area contributed by atoms with E-state index >= 15 is 0 Å². The van der Waals surface area contributed by atoms with E-state index in [1.807, 2.05) is 24.3 Å². The number of nitrogens with zero attached hydrogens (tertiary/aromatic N) is 1. The van der Waals surface area contributed by atoms with E-state index < -0.39 is 11.7 Å². The molecule has 160 valence electrons. The van der Waals surface area contributed by atoms with Crippen LogP contribution in [0.3, 0.4) is 0 Å². The number of aromatic nitrogens is 1. The first-order valence-corrected chi connectivity index (χ1v) is 9.93. The summed E-state index contributed by atoms with van der Waals surface area (Å²) in [5.74, 6) is -1.42. The highest BCUT2D eigenvalue weighted by Gasteiger charge is 2.16. The van der Waals surface area contributed by atoms with Crippen molar-refractivity contribution in [3.05, 3.63) is 94.9 Å². The summed E-state index contributed by atoms with van der Waals surface area (Å²) in [5.41, 5.74) is 1.68. The second kappa shape index (κ2) is 9.03. The molecule has 0 atom stereocenters. The molecule has 0 unspecified atom stereocenters. The van der Waals surface area contributed by atoms with E-state index in [1.54, 1.807) is 24.4 Å². The van der Waals surface area contributed by atoms with Gasteiger partial charge in [-0.2, -0.15) is 0 Å². The molecule has 0 spiro atoms. The average molecular weight is 450 g/mol. The van der Waals surface area contributed by atoms with Gasteiger partial charge >= 0.3 is 0 Å². The molecule has 4 aromatic rings. The first kappa shape index (κ1) is 21.3. The van der Waals surface area contributed by atoms with E-state index in [-0.39, 0.29) is 22.2 Å². The summed E-state index contributed by atoms with van der Waals surface area (Å²) < 4.78 is 19.4. The molecule has 2 amide bonds. The number of hydrogen-bond donors (Lipinski definition) is 2. The van der Waals surface area contributed by atoms with Gasteiger partial charge in [-0.25, -0.2) is 4.39 Å². The second-order valence-corrected chi connectivity index (χ2v) is 7.26. The Morgan fingerprint density at radius 3 is 2.50 bits per heavy atom. The van der Waals surface area contributed by atoms with E-state index in [9.17, 15) is 14.0 Å².